The van der Waals surface area contributed by atoms with Crippen LogP contribution in [0.15, 0.2) is 6.20 Å². The fraction of sp³-hybridized carbons (Fsp3) is 0.667. The molecule has 0 spiro atoms. The number of fused-ring (bicyclic) bond motifs is 1. The smallest absolute Gasteiger partial charge is 0.221 e. The molecule has 1 amide bonds. The van der Waals surface area contributed by atoms with E-state index in [-0.39, 0.29) is 24.9 Å². The number of nitrogens with one attached hydrogen (secondary N) is 2. The highest BCUT2D eigenvalue weighted by molar-refractivity contribution is 7.88. The summed E-state index contributed by atoms with van der Waals surface area (Å²) in [5.41, 5.74) is 0.990. The molecular formula is C12H20N4O3S. The van der Waals surface area contributed by atoms with Gasteiger partial charge in [0.15, 0.2) is 0 Å². The third-order valence-electron chi connectivity index (χ3n) is 3.19. The summed E-state index contributed by atoms with van der Waals surface area (Å²) in [7, 11) is -3.23. The van der Waals surface area contributed by atoms with Crippen molar-refractivity contribution < 1.29 is 13.2 Å². The van der Waals surface area contributed by atoms with Gasteiger partial charge in [0, 0.05) is 38.2 Å². The van der Waals surface area contributed by atoms with E-state index in [1.807, 2.05) is 13.1 Å². The zero-order valence-corrected chi connectivity index (χ0v) is 12.5. The molecule has 112 valence electrons. The molecule has 1 aliphatic rings. The van der Waals surface area contributed by atoms with Crippen LogP contribution in [0.3, 0.4) is 0 Å². The number of hydrogen-bond acceptors (Lipinski definition) is 4. The summed E-state index contributed by atoms with van der Waals surface area (Å²) in [5.74, 6) is 0.929. The number of hydrogen-bond donors (Lipinski definition) is 2. The molecule has 1 aromatic rings. The number of aryl methyl sites for hydroxylation is 2. The maximum Gasteiger partial charge on any atom is 0.221 e. The van der Waals surface area contributed by atoms with Gasteiger partial charge in [0.1, 0.15) is 5.82 Å². The molecular weight excluding hydrogens is 280 g/mol. The van der Waals surface area contributed by atoms with Crippen molar-refractivity contribution in [1.29, 1.82) is 0 Å². The second-order valence-corrected chi connectivity index (χ2v) is 7.00. The Morgan fingerprint density at radius 3 is 3.00 bits per heavy atom. The molecule has 8 heteroatoms. The standard InChI is InChI=1S/C12H20N4O3S/c1-9-7-16-8-10(3-4-11(16)14-9)15-12(17)5-6-13-20(2,18)19/h7,10,13H,3-6,8H2,1-2H3,(H,15,17)/t10-/m0/s1. The lowest BCUT2D eigenvalue weighted by atomic mass is 10.1. The Bertz CT molecular complexity index is 594. The maximum atomic E-state index is 11.7. The van der Waals surface area contributed by atoms with E-state index in [1.54, 1.807) is 0 Å². The van der Waals surface area contributed by atoms with E-state index in [0.717, 1.165) is 37.2 Å². The predicted molar refractivity (Wildman–Crippen MR) is 74.7 cm³/mol. The van der Waals surface area contributed by atoms with Crippen LogP contribution < -0.4 is 10.0 Å². The Morgan fingerprint density at radius 1 is 1.55 bits per heavy atom. The van der Waals surface area contributed by atoms with Crippen molar-refractivity contribution in [2.24, 2.45) is 0 Å². The number of sulfonamides is 1. The minimum absolute atomic E-state index is 0.0850. The van der Waals surface area contributed by atoms with Gasteiger partial charge in [-0.3, -0.25) is 4.79 Å². The predicted octanol–water partition coefficient (Wildman–Crippen LogP) is -0.438. The van der Waals surface area contributed by atoms with Crippen LogP contribution in [0.4, 0.5) is 0 Å². The maximum absolute atomic E-state index is 11.7. The summed E-state index contributed by atoms with van der Waals surface area (Å²) in [6.45, 7) is 2.81. The highest BCUT2D eigenvalue weighted by Gasteiger charge is 2.21. The summed E-state index contributed by atoms with van der Waals surface area (Å²) in [6, 6.07) is 0.0850. The summed E-state index contributed by atoms with van der Waals surface area (Å²) in [5, 5.41) is 2.93. The highest BCUT2D eigenvalue weighted by atomic mass is 32.2. The molecule has 0 saturated heterocycles. The average Bonchev–Trinajstić information content (AvgIpc) is 2.66. The number of rotatable bonds is 5. The molecule has 0 bridgehead atoms. The molecule has 0 aliphatic carbocycles. The van der Waals surface area contributed by atoms with Crippen molar-refractivity contribution in [1.82, 2.24) is 19.6 Å². The molecule has 1 aliphatic heterocycles. The fourth-order valence-electron chi connectivity index (χ4n) is 2.35. The molecule has 2 heterocycles. The first-order valence-corrected chi connectivity index (χ1v) is 8.49. The molecule has 1 atom stereocenters. The van der Waals surface area contributed by atoms with Crippen LogP contribution in [-0.4, -0.2) is 42.7 Å². The summed E-state index contributed by atoms with van der Waals surface area (Å²) in [6.07, 6.45) is 4.93. The third-order valence-corrected chi connectivity index (χ3v) is 3.92. The summed E-state index contributed by atoms with van der Waals surface area (Å²) >= 11 is 0. The minimum atomic E-state index is -3.23. The van der Waals surface area contributed by atoms with Gasteiger partial charge < -0.3 is 9.88 Å². The zero-order valence-electron chi connectivity index (χ0n) is 11.7. The number of nitrogens with zero attached hydrogens (tertiary/aromatic N) is 2. The third kappa shape index (κ3) is 4.31. The van der Waals surface area contributed by atoms with Crippen LogP contribution in [0.5, 0.6) is 0 Å². The summed E-state index contributed by atoms with van der Waals surface area (Å²) < 4.78 is 26.2. The molecule has 2 rings (SSSR count). The molecule has 0 radical (unpaired) electrons. The monoisotopic (exact) mass is 300 g/mol. The van der Waals surface area contributed by atoms with Crippen molar-refractivity contribution in [2.75, 3.05) is 12.8 Å². The first kappa shape index (κ1) is 15.0. The lowest BCUT2D eigenvalue weighted by molar-refractivity contribution is -0.121. The largest absolute Gasteiger partial charge is 0.352 e. The highest BCUT2D eigenvalue weighted by Crippen LogP contribution is 2.14. The molecule has 0 unspecified atom stereocenters. The second-order valence-electron chi connectivity index (χ2n) is 5.17. The van der Waals surface area contributed by atoms with Gasteiger partial charge >= 0.3 is 0 Å². The Hall–Kier alpha value is -1.41. The van der Waals surface area contributed by atoms with Crippen molar-refractivity contribution >= 4 is 15.9 Å². The lowest BCUT2D eigenvalue weighted by Gasteiger charge is -2.24. The van der Waals surface area contributed by atoms with E-state index in [0.29, 0.717) is 0 Å². The Kier molecular flexibility index (Phi) is 4.44. The number of amides is 1. The van der Waals surface area contributed by atoms with Gasteiger partial charge in [0.05, 0.1) is 11.9 Å². The van der Waals surface area contributed by atoms with E-state index >= 15 is 0 Å². The minimum Gasteiger partial charge on any atom is -0.352 e. The van der Waals surface area contributed by atoms with Crippen LogP contribution in [-0.2, 0) is 27.8 Å². The van der Waals surface area contributed by atoms with E-state index in [1.165, 1.54) is 0 Å². The lowest BCUT2D eigenvalue weighted by Crippen LogP contribution is -2.41. The number of imidazole rings is 1. The van der Waals surface area contributed by atoms with Crippen LogP contribution in [0.2, 0.25) is 0 Å². The van der Waals surface area contributed by atoms with Gasteiger partial charge in [-0.25, -0.2) is 18.1 Å². The number of carbonyl (C=O) groups is 1. The van der Waals surface area contributed by atoms with E-state index in [2.05, 4.69) is 19.6 Å². The normalized spacial score (nSPS) is 18.6. The molecule has 0 aromatic carbocycles. The van der Waals surface area contributed by atoms with Crippen molar-refractivity contribution in [3.63, 3.8) is 0 Å². The van der Waals surface area contributed by atoms with Crippen LogP contribution in [0.1, 0.15) is 24.4 Å². The molecule has 20 heavy (non-hydrogen) atoms. The van der Waals surface area contributed by atoms with E-state index < -0.39 is 10.0 Å². The van der Waals surface area contributed by atoms with Gasteiger partial charge in [-0.1, -0.05) is 0 Å². The van der Waals surface area contributed by atoms with Crippen LogP contribution in [0.25, 0.3) is 0 Å². The van der Waals surface area contributed by atoms with Crippen molar-refractivity contribution in [3.8, 4) is 0 Å². The average molecular weight is 300 g/mol. The van der Waals surface area contributed by atoms with Crippen molar-refractivity contribution in [2.45, 2.75) is 38.8 Å². The van der Waals surface area contributed by atoms with Crippen LogP contribution >= 0.6 is 0 Å². The Balaban J connectivity index is 1.79. The van der Waals surface area contributed by atoms with Gasteiger partial charge in [0.25, 0.3) is 0 Å². The van der Waals surface area contributed by atoms with Gasteiger partial charge in [-0.2, -0.15) is 0 Å². The number of aromatic nitrogens is 2. The summed E-state index contributed by atoms with van der Waals surface area (Å²) in [4.78, 5) is 16.2. The second kappa shape index (κ2) is 5.92. The van der Waals surface area contributed by atoms with Gasteiger partial charge in [-0.05, 0) is 13.3 Å². The first-order valence-electron chi connectivity index (χ1n) is 6.60. The molecule has 0 saturated carbocycles. The van der Waals surface area contributed by atoms with Gasteiger partial charge in [-0.15, -0.1) is 0 Å². The van der Waals surface area contributed by atoms with E-state index in [4.69, 9.17) is 0 Å². The fourth-order valence-corrected chi connectivity index (χ4v) is 2.83. The molecule has 2 N–H and O–H groups in total. The Morgan fingerprint density at radius 2 is 2.30 bits per heavy atom. The first-order chi connectivity index (χ1) is 9.33. The van der Waals surface area contributed by atoms with Crippen LogP contribution in [0, 0.1) is 6.92 Å². The molecule has 7 nitrogen and oxygen atoms in total. The van der Waals surface area contributed by atoms with Crippen molar-refractivity contribution in [3.05, 3.63) is 17.7 Å². The number of carbonyl (C=O) groups excluding carboxylic acids is 1. The molecule has 0 fully saturated rings. The SMILES string of the molecule is Cc1cn2c(n1)CC[C@H](NC(=O)CCNS(C)(=O)=O)C2. The van der Waals surface area contributed by atoms with Gasteiger partial charge in [0.2, 0.25) is 15.9 Å². The zero-order chi connectivity index (χ0) is 14.8. The topological polar surface area (TPSA) is 93.1 Å². The molecule has 1 aromatic heterocycles. The quantitative estimate of drug-likeness (QED) is 0.771. The Labute approximate surface area is 118 Å². The van der Waals surface area contributed by atoms with E-state index in [9.17, 15) is 13.2 Å².